The summed E-state index contributed by atoms with van der Waals surface area (Å²) in [5.74, 6) is 0.547. The van der Waals surface area contributed by atoms with Crippen LogP contribution in [-0.4, -0.2) is 61.8 Å². The highest BCUT2D eigenvalue weighted by Crippen LogP contribution is 2.34. The smallest absolute Gasteiger partial charge is 0.237 e. The molecule has 0 saturated carbocycles. The molecule has 2 aliphatic rings. The van der Waals surface area contributed by atoms with Gasteiger partial charge in [0.25, 0.3) is 0 Å². The molecule has 1 amide bonds. The fourth-order valence-electron chi connectivity index (χ4n) is 3.40. The van der Waals surface area contributed by atoms with E-state index in [1.165, 1.54) is 4.88 Å². The van der Waals surface area contributed by atoms with E-state index in [2.05, 4.69) is 6.07 Å². The Bertz CT molecular complexity index is 627. The average Bonchev–Trinajstić information content (AvgIpc) is 3.17. The van der Waals surface area contributed by atoms with Crippen LogP contribution < -0.4 is 0 Å². The number of carbonyl (C=O) groups excluding carboxylic acids is 1. The predicted octanol–water partition coefficient (Wildman–Crippen LogP) is 1.53. The molecule has 7 heteroatoms. The molecule has 3 rings (SSSR count). The molecular formula is C15H22N2O3S2. The molecule has 0 bridgehead atoms. The lowest BCUT2D eigenvalue weighted by Crippen LogP contribution is -2.42. The highest BCUT2D eigenvalue weighted by Gasteiger charge is 2.34. The van der Waals surface area contributed by atoms with E-state index >= 15 is 0 Å². The summed E-state index contributed by atoms with van der Waals surface area (Å²) in [7, 11) is -1.05. The molecule has 122 valence electrons. The number of carbonyl (C=O) groups is 1. The van der Waals surface area contributed by atoms with Gasteiger partial charge in [0.05, 0.1) is 24.1 Å². The van der Waals surface area contributed by atoms with Crippen molar-refractivity contribution in [3.05, 3.63) is 22.4 Å². The minimum Gasteiger partial charge on any atom is -0.334 e. The van der Waals surface area contributed by atoms with Crippen molar-refractivity contribution in [3.63, 3.8) is 0 Å². The molecule has 2 aliphatic heterocycles. The number of thiophene rings is 1. The Balaban J connectivity index is 1.62. The first-order valence-electron chi connectivity index (χ1n) is 7.70. The number of sulfone groups is 1. The molecular weight excluding hydrogens is 320 g/mol. The Kier molecular flexibility index (Phi) is 4.56. The van der Waals surface area contributed by atoms with Gasteiger partial charge < -0.3 is 4.90 Å². The van der Waals surface area contributed by atoms with Crippen LogP contribution >= 0.6 is 11.3 Å². The van der Waals surface area contributed by atoms with Crippen LogP contribution in [0.5, 0.6) is 0 Å². The van der Waals surface area contributed by atoms with Crippen molar-refractivity contribution < 1.29 is 13.2 Å². The van der Waals surface area contributed by atoms with E-state index in [0.717, 1.165) is 19.4 Å². The molecule has 0 spiro atoms. The normalized spacial score (nSPS) is 27.6. The van der Waals surface area contributed by atoms with Crippen LogP contribution in [0.25, 0.3) is 0 Å². The molecule has 2 fully saturated rings. The molecule has 2 saturated heterocycles. The van der Waals surface area contributed by atoms with Crippen molar-refractivity contribution in [2.24, 2.45) is 0 Å². The quantitative estimate of drug-likeness (QED) is 0.833. The van der Waals surface area contributed by atoms with Gasteiger partial charge in [-0.2, -0.15) is 0 Å². The highest BCUT2D eigenvalue weighted by atomic mass is 32.2. The van der Waals surface area contributed by atoms with Gasteiger partial charge in [-0.3, -0.25) is 9.69 Å². The number of amides is 1. The Morgan fingerprint density at radius 3 is 2.91 bits per heavy atom. The molecule has 2 atom stereocenters. The minimum atomic E-state index is -2.91. The van der Waals surface area contributed by atoms with Gasteiger partial charge in [-0.1, -0.05) is 6.07 Å². The zero-order chi connectivity index (χ0) is 15.7. The Morgan fingerprint density at radius 2 is 2.27 bits per heavy atom. The summed E-state index contributed by atoms with van der Waals surface area (Å²) in [6.45, 7) is 1.11. The monoisotopic (exact) mass is 342 g/mol. The van der Waals surface area contributed by atoms with Gasteiger partial charge >= 0.3 is 0 Å². The lowest BCUT2D eigenvalue weighted by molar-refractivity contribution is -0.133. The summed E-state index contributed by atoms with van der Waals surface area (Å²) >= 11 is 1.70. The van der Waals surface area contributed by atoms with Crippen LogP contribution in [-0.2, 0) is 14.6 Å². The zero-order valence-electron chi connectivity index (χ0n) is 12.8. The van der Waals surface area contributed by atoms with Gasteiger partial charge in [0.15, 0.2) is 9.84 Å². The second-order valence-electron chi connectivity index (χ2n) is 6.23. The SMILES string of the molecule is CN(CC(=O)N1CCC[C@@H]1c1cccs1)[C@H]1CCS(=O)(=O)C1. The second kappa shape index (κ2) is 6.29. The summed E-state index contributed by atoms with van der Waals surface area (Å²) in [6, 6.07) is 4.30. The summed E-state index contributed by atoms with van der Waals surface area (Å²) in [5, 5.41) is 2.05. The zero-order valence-corrected chi connectivity index (χ0v) is 14.4. The number of hydrogen-bond donors (Lipinski definition) is 0. The fraction of sp³-hybridized carbons (Fsp3) is 0.667. The molecule has 0 radical (unpaired) electrons. The molecule has 1 aromatic heterocycles. The Labute approximate surface area is 135 Å². The third-order valence-electron chi connectivity index (χ3n) is 4.66. The van der Waals surface area contributed by atoms with Crippen LogP contribution in [0.15, 0.2) is 17.5 Å². The fourth-order valence-corrected chi connectivity index (χ4v) is 6.08. The van der Waals surface area contributed by atoms with Gasteiger partial charge in [-0.25, -0.2) is 8.42 Å². The highest BCUT2D eigenvalue weighted by molar-refractivity contribution is 7.91. The molecule has 0 unspecified atom stereocenters. The van der Waals surface area contributed by atoms with Crippen molar-refractivity contribution in [2.75, 3.05) is 31.6 Å². The van der Waals surface area contributed by atoms with Crippen molar-refractivity contribution in [3.8, 4) is 0 Å². The van der Waals surface area contributed by atoms with E-state index in [0.29, 0.717) is 13.0 Å². The summed E-state index contributed by atoms with van der Waals surface area (Å²) in [5.41, 5.74) is 0. The summed E-state index contributed by atoms with van der Waals surface area (Å²) < 4.78 is 23.1. The van der Waals surface area contributed by atoms with Crippen molar-refractivity contribution in [2.45, 2.75) is 31.3 Å². The van der Waals surface area contributed by atoms with E-state index < -0.39 is 9.84 Å². The van der Waals surface area contributed by atoms with E-state index in [-0.39, 0.29) is 29.5 Å². The van der Waals surface area contributed by atoms with Crippen LogP contribution in [0.1, 0.15) is 30.2 Å². The largest absolute Gasteiger partial charge is 0.334 e. The van der Waals surface area contributed by atoms with Gasteiger partial charge in [0, 0.05) is 17.5 Å². The Morgan fingerprint density at radius 1 is 1.45 bits per heavy atom. The molecule has 0 aliphatic carbocycles. The lowest BCUT2D eigenvalue weighted by Gasteiger charge is -2.28. The van der Waals surface area contributed by atoms with Gasteiger partial charge in [-0.15, -0.1) is 11.3 Å². The second-order valence-corrected chi connectivity index (χ2v) is 9.44. The minimum absolute atomic E-state index is 0.0169. The first-order valence-corrected chi connectivity index (χ1v) is 10.4. The van der Waals surface area contributed by atoms with Crippen LogP contribution in [0.4, 0.5) is 0 Å². The first kappa shape index (κ1) is 16.0. The maximum atomic E-state index is 12.6. The van der Waals surface area contributed by atoms with E-state index in [9.17, 15) is 13.2 Å². The van der Waals surface area contributed by atoms with Gasteiger partial charge in [0.1, 0.15) is 0 Å². The van der Waals surface area contributed by atoms with Gasteiger partial charge in [0.2, 0.25) is 5.91 Å². The third kappa shape index (κ3) is 3.36. The van der Waals surface area contributed by atoms with E-state index in [4.69, 9.17) is 0 Å². The molecule has 5 nitrogen and oxygen atoms in total. The van der Waals surface area contributed by atoms with E-state index in [1.807, 2.05) is 28.3 Å². The summed E-state index contributed by atoms with van der Waals surface area (Å²) in [6.07, 6.45) is 2.70. The average molecular weight is 342 g/mol. The maximum Gasteiger partial charge on any atom is 0.237 e. The number of nitrogens with zero attached hydrogens (tertiary/aromatic N) is 2. The molecule has 0 N–H and O–H groups in total. The topological polar surface area (TPSA) is 57.7 Å². The van der Waals surface area contributed by atoms with Crippen LogP contribution in [0.3, 0.4) is 0 Å². The molecule has 0 aromatic carbocycles. The predicted molar refractivity (Wildman–Crippen MR) is 87.7 cm³/mol. The van der Waals surface area contributed by atoms with Gasteiger partial charge in [-0.05, 0) is 37.8 Å². The molecule has 3 heterocycles. The van der Waals surface area contributed by atoms with Crippen LogP contribution in [0.2, 0.25) is 0 Å². The standard InChI is InChI=1S/C15H22N2O3S2/c1-16(12-6-9-22(19,20)11-12)10-15(18)17-7-2-4-13(17)14-5-3-8-21-14/h3,5,8,12-13H,2,4,6-7,9-11H2,1H3/t12-,13+/m0/s1. The van der Waals surface area contributed by atoms with Crippen LogP contribution in [0, 0.1) is 0 Å². The maximum absolute atomic E-state index is 12.6. The molecule has 22 heavy (non-hydrogen) atoms. The Hall–Kier alpha value is -0.920. The van der Waals surface area contributed by atoms with Crippen molar-refractivity contribution >= 4 is 27.1 Å². The first-order chi connectivity index (χ1) is 10.5. The molecule has 1 aromatic rings. The number of likely N-dealkylation sites (N-methyl/N-ethyl adjacent to an activating group) is 1. The lowest BCUT2D eigenvalue weighted by atomic mass is 10.2. The number of likely N-dealkylation sites (tertiary alicyclic amines) is 1. The number of hydrogen-bond acceptors (Lipinski definition) is 5. The van der Waals surface area contributed by atoms with Crippen molar-refractivity contribution in [1.82, 2.24) is 9.80 Å². The van der Waals surface area contributed by atoms with Crippen molar-refractivity contribution in [1.29, 1.82) is 0 Å². The number of rotatable bonds is 4. The van der Waals surface area contributed by atoms with E-state index in [1.54, 1.807) is 11.3 Å². The summed E-state index contributed by atoms with van der Waals surface area (Å²) in [4.78, 5) is 17.7. The third-order valence-corrected chi connectivity index (χ3v) is 7.39.